The number of rotatable bonds is 8. The average molecular weight is 979 g/mol. The maximum atomic E-state index is 6.79. The van der Waals surface area contributed by atoms with Gasteiger partial charge in [-0.3, -0.25) is 0 Å². The smallest absolute Gasteiger partial charge is 0.135 e. The van der Waals surface area contributed by atoms with Crippen LogP contribution in [0.3, 0.4) is 0 Å². The molecule has 0 fully saturated rings. The first kappa shape index (κ1) is 41.8. The van der Waals surface area contributed by atoms with Crippen molar-refractivity contribution < 1.29 is 25.8 Å². The van der Waals surface area contributed by atoms with Crippen LogP contribution in [0.5, 0.6) is 11.5 Å². The summed E-state index contributed by atoms with van der Waals surface area (Å²) in [7, 11) is 0. The first-order chi connectivity index (χ1) is 28.7. The monoisotopic (exact) mass is 978 g/mol. The van der Waals surface area contributed by atoms with Crippen LogP contribution in [-0.4, -0.2) is 9.55 Å². The van der Waals surface area contributed by atoms with E-state index >= 15 is 0 Å². The fourth-order valence-electron chi connectivity index (χ4n) is 8.09. The van der Waals surface area contributed by atoms with Crippen LogP contribution in [-0.2, 0) is 37.3 Å². The second-order valence-electron chi connectivity index (χ2n) is 18.4. The normalized spacial score (nSPS) is 13.4. The van der Waals surface area contributed by atoms with E-state index in [2.05, 4.69) is 234 Å². The van der Waals surface area contributed by atoms with Crippen LogP contribution in [0.4, 0.5) is 11.4 Å². The van der Waals surface area contributed by atoms with Gasteiger partial charge in [-0.15, -0.1) is 53.6 Å². The summed E-state index contributed by atoms with van der Waals surface area (Å²) in [4.78, 5) is 9.31. The standard InChI is InChI=1S/C55H51N4O.Pt/c1-53(2,3)40-28-29-56-52(33-40)59-49-25-16-15-24-47(49)48-27-26-45(35-50(48)59)60-46-32-42(54(4,5)6)31-44(34-46)57-36-51(38-18-11-9-12-19-38)58(37-57)43-23-17-22-41(30-43)55(7,8)39-20-13-10-14-21-39;/h9-33,36-37H,1-8H3;/q-3;. The number of benzene rings is 6. The van der Waals surface area contributed by atoms with Crippen LogP contribution in [0, 0.1) is 18.8 Å². The van der Waals surface area contributed by atoms with Gasteiger partial charge in [0.1, 0.15) is 5.82 Å². The largest absolute Gasteiger partial charge is 0.509 e. The number of pyridine rings is 1. The summed E-state index contributed by atoms with van der Waals surface area (Å²) in [5.74, 6) is 2.09. The van der Waals surface area contributed by atoms with E-state index in [-0.39, 0.29) is 37.3 Å². The molecule has 0 N–H and O–H groups in total. The minimum Gasteiger partial charge on any atom is -0.509 e. The second kappa shape index (κ2) is 16.2. The van der Waals surface area contributed by atoms with Crippen molar-refractivity contribution in [1.29, 1.82) is 0 Å². The summed E-state index contributed by atoms with van der Waals surface area (Å²) in [5, 5.41) is 2.24. The molecule has 0 unspecified atom stereocenters. The summed E-state index contributed by atoms with van der Waals surface area (Å²) in [6.45, 7) is 20.1. The Morgan fingerprint density at radius 1 is 0.574 bits per heavy atom. The van der Waals surface area contributed by atoms with Crippen molar-refractivity contribution in [2.24, 2.45) is 0 Å². The molecule has 0 spiro atoms. The summed E-state index contributed by atoms with van der Waals surface area (Å²) in [6.07, 6.45) is 4.10. The van der Waals surface area contributed by atoms with Crippen LogP contribution < -0.4 is 14.5 Å². The predicted octanol–water partition coefficient (Wildman–Crippen LogP) is 13.9. The third-order valence-electron chi connectivity index (χ3n) is 11.8. The number of hydrogen-bond donors (Lipinski definition) is 0. The van der Waals surface area contributed by atoms with Crippen molar-refractivity contribution in [3.63, 3.8) is 0 Å². The Balaban J connectivity index is 0.00000514. The van der Waals surface area contributed by atoms with Crippen LogP contribution in [0.15, 0.2) is 158 Å². The van der Waals surface area contributed by atoms with Gasteiger partial charge in [-0.25, -0.2) is 4.98 Å². The molecule has 8 aromatic rings. The summed E-state index contributed by atoms with van der Waals surface area (Å²) < 4.78 is 8.99. The molecule has 1 aliphatic rings. The number of ether oxygens (including phenoxy) is 1. The van der Waals surface area contributed by atoms with Crippen LogP contribution in [0.1, 0.15) is 83.2 Å². The zero-order valence-corrected chi connectivity index (χ0v) is 38.4. The second-order valence-corrected chi connectivity index (χ2v) is 18.4. The van der Waals surface area contributed by atoms with E-state index in [1.807, 2.05) is 12.3 Å². The molecule has 6 heteroatoms. The first-order valence-corrected chi connectivity index (χ1v) is 20.8. The van der Waals surface area contributed by atoms with Crippen molar-refractivity contribution in [2.75, 3.05) is 9.80 Å². The van der Waals surface area contributed by atoms with E-state index < -0.39 is 0 Å². The van der Waals surface area contributed by atoms with Gasteiger partial charge in [0.25, 0.3) is 0 Å². The van der Waals surface area contributed by atoms with Gasteiger partial charge >= 0.3 is 0 Å². The zero-order chi connectivity index (χ0) is 41.8. The molecule has 0 radical (unpaired) electrons. The Kier molecular flexibility index (Phi) is 11.1. The van der Waals surface area contributed by atoms with E-state index in [1.54, 1.807) is 0 Å². The van der Waals surface area contributed by atoms with E-state index in [4.69, 9.17) is 9.72 Å². The molecule has 61 heavy (non-hydrogen) atoms. The van der Waals surface area contributed by atoms with Gasteiger partial charge in [0, 0.05) is 61.1 Å². The van der Waals surface area contributed by atoms with Crippen molar-refractivity contribution >= 4 is 38.9 Å². The fourth-order valence-corrected chi connectivity index (χ4v) is 8.09. The third-order valence-corrected chi connectivity index (χ3v) is 11.8. The summed E-state index contributed by atoms with van der Waals surface area (Å²) in [6, 6.07) is 58.7. The van der Waals surface area contributed by atoms with Gasteiger partial charge in [-0.05, 0) is 75.0 Å². The average Bonchev–Trinajstić information content (AvgIpc) is 3.84. The predicted molar refractivity (Wildman–Crippen MR) is 249 cm³/mol. The van der Waals surface area contributed by atoms with E-state index in [0.717, 1.165) is 55.8 Å². The van der Waals surface area contributed by atoms with E-state index in [9.17, 15) is 0 Å². The molecule has 5 nitrogen and oxygen atoms in total. The Morgan fingerprint density at radius 2 is 1.26 bits per heavy atom. The molecule has 0 bridgehead atoms. The topological polar surface area (TPSA) is 33.5 Å². The maximum Gasteiger partial charge on any atom is 0.135 e. The molecule has 2 aromatic heterocycles. The Hall–Kier alpha value is -5.90. The van der Waals surface area contributed by atoms with Crippen molar-refractivity contribution in [2.45, 2.75) is 71.6 Å². The quantitative estimate of drug-likeness (QED) is 0.142. The molecule has 0 saturated carbocycles. The molecule has 1 aliphatic heterocycles. The number of anilines is 2. The number of hydrogen-bond acceptors (Lipinski definition) is 4. The number of aromatic nitrogens is 2. The third kappa shape index (κ3) is 8.17. The molecule has 310 valence electrons. The Morgan fingerprint density at radius 3 is 2.00 bits per heavy atom. The summed E-state index contributed by atoms with van der Waals surface area (Å²) in [5.41, 5.74) is 10.6. The molecule has 9 rings (SSSR count). The summed E-state index contributed by atoms with van der Waals surface area (Å²) >= 11 is 0. The molecular weight excluding hydrogens is 928 g/mol. The molecule has 0 atom stereocenters. The Labute approximate surface area is 375 Å². The number of para-hydroxylation sites is 1. The van der Waals surface area contributed by atoms with Crippen LogP contribution in [0.2, 0.25) is 0 Å². The van der Waals surface area contributed by atoms with Crippen molar-refractivity contribution in [1.82, 2.24) is 9.55 Å². The molecule has 0 aliphatic carbocycles. The molecule has 0 amide bonds. The van der Waals surface area contributed by atoms with Gasteiger partial charge in [-0.1, -0.05) is 152 Å². The Bertz CT molecular complexity index is 2880. The number of nitrogens with zero attached hydrogens (tertiary/aromatic N) is 4. The van der Waals surface area contributed by atoms with Gasteiger partial charge in [0.05, 0.1) is 0 Å². The van der Waals surface area contributed by atoms with Gasteiger partial charge in [0.15, 0.2) is 0 Å². The van der Waals surface area contributed by atoms with Gasteiger partial charge in [0.2, 0.25) is 0 Å². The molecule has 0 saturated heterocycles. The fraction of sp³-hybridized carbons (Fsp3) is 0.200. The van der Waals surface area contributed by atoms with Gasteiger partial charge in [-0.2, -0.15) is 6.07 Å². The zero-order valence-electron chi connectivity index (χ0n) is 36.1. The maximum absolute atomic E-state index is 6.79. The number of fused-ring (bicyclic) bond motifs is 3. The van der Waals surface area contributed by atoms with Crippen LogP contribution >= 0.6 is 0 Å². The van der Waals surface area contributed by atoms with Crippen LogP contribution in [0.25, 0.3) is 33.3 Å². The first-order valence-electron chi connectivity index (χ1n) is 20.8. The van der Waals surface area contributed by atoms with E-state index in [1.165, 1.54) is 16.7 Å². The minimum atomic E-state index is -0.185. The SMILES string of the molecule is CC(C)(C)c1cc(Oc2[c-]c3c(cc2)c2ccccc2n3-c2cc(C(C)(C)C)ccn2)[c-]c(N2C=C(c3ccccc3)N(c3cccc(C(C)(C)c4ccccc4)c3)[CH-]2)c1.[Pt]. The van der Waals surface area contributed by atoms with Crippen molar-refractivity contribution in [3.05, 3.63) is 205 Å². The van der Waals surface area contributed by atoms with Crippen molar-refractivity contribution in [3.8, 4) is 17.3 Å². The van der Waals surface area contributed by atoms with Gasteiger partial charge < -0.3 is 19.1 Å². The molecule has 3 heterocycles. The minimum absolute atomic E-state index is 0. The molecule has 6 aromatic carbocycles. The molecular formula is C55H51N4OPt-3. The van der Waals surface area contributed by atoms with E-state index in [0.29, 0.717) is 11.5 Å².